The highest BCUT2D eigenvalue weighted by Crippen LogP contribution is 2.07. The first-order valence-corrected chi connectivity index (χ1v) is 6.89. The molecule has 1 heterocycles. The van der Waals surface area contributed by atoms with Gasteiger partial charge in [-0.05, 0) is 39.0 Å². The van der Waals surface area contributed by atoms with Crippen molar-refractivity contribution in [2.75, 3.05) is 33.7 Å². The van der Waals surface area contributed by atoms with Crippen LogP contribution >= 0.6 is 0 Å². The molecule has 0 aromatic heterocycles. The molecule has 1 aliphatic heterocycles. The molecule has 100 valence electrons. The van der Waals surface area contributed by atoms with Gasteiger partial charge in [0.2, 0.25) is 0 Å². The number of nitrogens with one attached hydrogen (secondary N) is 2. The Balaban J connectivity index is 1.91. The maximum Gasteiger partial charge on any atom is 0.0238 e. The molecule has 0 saturated carbocycles. The molecule has 1 aromatic rings. The number of hydrogen-bond donors (Lipinski definition) is 2. The van der Waals surface area contributed by atoms with Crippen molar-refractivity contribution < 1.29 is 0 Å². The van der Waals surface area contributed by atoms with E-state index in [4.69, 9.17) is 0 Å². The van der Waals surface area contributed by atoms with Gasteiger partial charge in [-0.2, -0.15) is 0 Å². The molecule has 0 spiro atoms. The molecular formula is C15H25N3. The fraction of sp³-hybridized carbons (Fsp3) is 0.600. The molecule has 1 saturated heterocycles. The second-order valence-corrected chi connectivity index (χ2v) is 5.51. The smallest absolute Gasteiger partial charge is 0.0238 e. The van der Waals surface area contributed by atoms with Gasteiger partial charge in [-0.1, -0.05) is 30.3 Å². The maximum absolute atomic E-state index is 3.79. The average molecular weight is 247 g/mol. The van der Waals surface area contributed by atoms with Crippen molar-refractivity contribution in [2.24, 2.45) is 0 Å². The van der Waals surface area contributed by atoms with Crippen molar-refractivity contribution in [3.8, 4) is 0 Å². The van der Waals surface area contributed by atoms with Crippen LogP contribution in [0.2, 0.25) is 0 Å². The highest BCUT2D eigenvalue weighted by Gasteiger charge is 2.19. The second kappa shape index (κ2) is 6.88. The van der Waals surface area contributed by atoms with E-state index in [1.807, 2.05) is 0 Å². The van der Waals surface area contributed by atoms with E-state index in [-0.39, 0.29) is 0 Å². The molecule has 2 unspecified atom stereocenters. The van der Waals surface area contributed by atoms with Crippen LogP contribution in [0.1, 0.15) is 12.0 Å². The molecule has 2 N–H and O–H groups in total. The summed E-state index contributed by atoms with van der Waals surface area (Å²) in [6, 6.07) is 11.9. The zero-order valence-electron chi connectivity index (χ0n) is 11.5. The third-order valence-electron chi connectivity index (χ3n) is 3.44. The Labute approximate surface area is 111 Å². The topological polar surface area (TPSA) is 27.3 Å². The predicted molar refractivity (Wildman–Crippen MR) is 76.9 cm³/mol. The second-order valence-electron chi connectivity index (χ2n) is 5.51. The third-order valence-corrected chi connectivity index (χ3v) is 3.44. The van der Waals surface area contributed by atoms with E-state index in [2.05, 4.69) is 60.0 Å². The molecule has 2 atom stereocenters. The van der Waals surface area contributed by atoms with Gasteiger partial charge in [0.25, 0.3) is 0 Å². The van der Waals surface area contributed by atoms with Crippen LogP contribution in [0, 0.1) is 0 Å². The van der Waals surface area contributed by atoms with Gasteiger partial charge in [0.05, 0.1) is 0 Å². The van der Waals surface area contributed by atoms with Gasteiger partial charge in [0, 0.05) is 25.2 Å². The maximum atomic E-state index is 3.79. The minimum absolute atomic E-state index is 0.535. The van der Waals surface area contributed by atoms with Gasteiger partial charge in [0.1, 0.15) is 0 Å². The van der Waals surface area contributed by atoms with Crippen LogP contribution in [-0.4, -0.2) is 50.7 Å². The molecule has 3 nitrogen and oxygen atoms in total. The summed E-state index contributed by atoms with van der Waals surface area (Å²) in [6.07, 6.45) is 2.36. The summed E-state index contributed by atoms with van der Waals surface area (Å²) in [6.45, 7) is 3.35. The fourth-order valence-electron chi connectivity index (χ4n) is 2.65. The number of nitrogens with zero attached hydrogens (tertiary/aromatic N) is 1. The van der Waals surface area contributed by atoms with Crippen LogP contribution in [0.4, 0.5) is 0 Å². The van der Waals surface area contributed by atoms with Gasteiger partial charge in [-0.3, -0.25) is 0 Å². The molecular weight excluding hydrogens is 222 g/mol. The minimum atomic E-state index is 0.535. The predicted octanol–water partition coefficient (Wildman–Crippen LogP) is 1.11. The van der Waals surface area contributed by atoms with E-state index in [0.29, 0.717) is 12.1 Å². The van der Waals surface area contributed by atoms with Crippen LogP contribution in [0.25, 0.3) is 0 Å². The van der Waals surface area contributed by atoms with E-state index in [9.17, 15) is 0 Å². The largest absolute Gasteiger partial charge is 0.315 e. The number of rotatable bonds is 6. The Morgan fingerprint density at radius 2 is 2.11 bits per heavy atom. The monoisotopic (exact) mass is 247 g/mol. The van der Waals surface area contributed by atoms with E-state index in [1.54, 1.807) is 0 Å². The highest BCUT2D eigenvalue weighted by atomic mass is 15.1. The lowest BCUT2D eigenvalue weighted by atomic mass is 10.0. The van der Waals surface area contributed by atoms with Crippen LogP contribution in [-0.2, 0) is 6.42 Å². The van der Waals surface area contributed by atoms with Crippen molar-refractivity contribution in [3.63, 3.8) is 0 Å². The standard InChI is InChI=1S/C15H25N3/c1-18(2)12-15(17-14-8-9-16-11-14)10-13-6-4-3-5-7-13/h3-7,14-17H,8-12H2,1-2H3. The van der Waals surface area contributed by atoms with E-state index < -0.39 is 0 Å². The average Bonchev–Trinajstić information content (AvgIpc) is 2.82. The summed E-state index contributed by atoms with van der Waals surface area (Å²) in [4.78, 5) is 2.27. The van der Waals surface area contributed by atoms with Crippen LogP contribution in [0.15, 0.2) is 30.3 Å². The molecule has 18 heavy (non-hydrogen) atoms. The number of likely N-dealkylation sites (N-methyl/N-ethyl adjacent to an activating group) is 1. The first-order chi connectivity index (χ1) is 8.74. The SMILES string of the molecule is CN(C)CC(Cc1ccccc1)NC1CCNC1. The van der Waals surface area contributed by atoms with Crippen LogP contribution in [0.3, 0.4) is 0 Å². The highest BCUT2D eigenvalue weighted by molar-refractivity contribution is 5.16. The molecule has 1 aromatic carbocycles. The number of hydrogen-bond acceptors (Lipinski definition) is 3. The van der Waals surface area contributed by atoms with Crippen molar-refractivity contribution in [1.29, 1.82) is 0 Å². The van der Waals surface area contributed by atoms with Gasteiger partial charge in [-0.15, -0.1) is 0 Å². The van der Waals surface area contributed by atoms with Crippen molar-refractivity contribution in [3.05, 3.63) is 35.9 Å². The first kappa shape index (κ1) is 13.5. The van der Waals surface area contributed by atoms with E-state index >= 15 is 0 Å². The summed E-state index contributed by atoms with van der Waals surface area (Å²) >= 11 is 0. The van der Waals surface area contributed by atoms with E-state index in [1.165, 1.54) is 12.0 Å². The molecule has 1 aliphatic rings. The van der Waals surface area contributed by atoms with Crippen LogP contribution < -0.4 is 10.6 Å². The summed E-state index contributed by atoms with van der Waals surface area (Å²) in [5, 5.41) is 7.21. The summed E-state index contributed by atoms with van der Waals surface area (Å²) in [5.74, 6) is 0. The first-order valence-electron chi connectivity index (χ1n) is 6.89. The fourth-order valence-corrected chi connectivity index (χ4v) is 2.65. The van der Waals surface area contributed by atoms with E-state index in [0.717, 1.165) is 26.1 Å². The molecule has 3 heteroatoms. The molecule has 0 amide bonds. The molecule has 0 radical (unpaired) electrons. The summed E-state index contributed by atoms with van der Waals surface area (Å²) in [7, 11) is 4.29. The van der Waals surface area contributed by atoms with Gasteiger partial charge in [-0.25, -0.2) is 0 Å². The molecule has 2 rings (SSSR count). The van der Waals surface area contributed by atoms with Crippen molar-refractivity contribution >= 4 is 0 Å². The Morgan fingerprint density at radius 1 is 1.33 bits per heavy atom. The molecule has 0 aliphatic carbocycles. The zero-order valence-corrected chi connectivity index (χ0v) is 11.5. The van der Waals surface area contributed by atoms with Gasteiger partial charge < -0.3 is 15.5 Å². The Kier molecular flexibility index (Phi) is 5.17. The minimum Gasteiger partial charge on any atom is -0.315 e. The number of benzene rings is 1. The third kappa shape index (κ3) is 4.41. The molecule has 1 fully saturated rings. The lowest BCUT2D eigenvalue weighted by molar-refractivity contribution is 0.317. The lowest BCUT2D eigenvalue weighted by Crippen LogP contribution is -2.46. The Bertz CT molecular complexity index is 331. The quantitative estimate of drug-likeness (QED) is 0.788. The Hall–Kier alpha value is -0.900. The lowest BCUT2D eigenvalue weighted by Gasteiger charge is -2.25. The van der Waals surface area contributed by atoms with Crippen molar-refractivity contribution in [2.45, 2.75) is 24.9 Å². The summed E-state index contributed by atoms with van der Waals surface area (Å²) in [5.41, 5.74) is 1.42. The zero-order chi connectivity index (χ0) is 12.8. The Morgan fingerprint density at radius 3 is 2.72 bits per heavy atom. The normalized spacial score (nSPS) is 21.4. The van der Waals surface area contributed by atoms with Gasteiger partial charge in [0.15, 0.2) is 0 Å². The van der Waals surface area contributed by atoms with Crippen molar-refractivity contribution in [1.82, 2.24) is 15.5 Å². The summed E-state index contributed by atoms with van der Waals surface area (Å²) < 4.78 is 0. The molecule has 0 bridgehead atoms. The van der Waals surface area contributed by atoms with Gasteiger partial charge >= 0.3 is 0 Å². The van der Waals surface area contributed by atoms with Crippen LogP contribution in [0.5, 0.6) is 0 Å².